The summed E-state index contributed by atoms with van der Waals surface area (Å²) in [5.41, 5.74) is 5.93. The predicted octanol–water partition coefficient (Wildman–Crippen LogP) is 8.36. The van der Waals surface area contributed by atoms with Crippen molar-refractivity contribution in [2.75, 3.05) is 0 Å². The molecule has 0 bridgehead atoms. The third-order valence-corrected chi connectivity index (χ3v) is 6.18. The number of aromatic nitrogens is 2. The van der Waals surface area contributed by atoms with Crippen LogP contribution in [0.15, 0.2) is 60.9 Å². The van der Waals surface area contributed by atoms with E-state index in [1.807, 2.05) is 0 Å². The van der Waals surface area contributed by atoms with Crippen LogP contribution in [-0.4, -0.2) is 9.97 Å². The van der Waals surface area contributed by atoms with Crippen LogP contribution in [-0.2, 0) is 19.4 Å². The lowest BCUT2D eigenvalue weighted by atomic mass is 10.0. The van der Waals surface area contributed by atoms with Gasteiger partial charge in [0.1, 0.15) is 6.61 Å². The molecule has 0 saturated heterocycles. The number of benzene rings is 2. The number of nitrogens with zero attached hydrogens (tertiary/aromatic N) is 2. The highest BCUT2D eigenvalue weighted by Gasteiger charge is 2.04. The summed E-state index contributed by atoms with van der Waals surface area (Å²) in [6.45, 7) is 5.02. The van der Waals surface area contributed by atoms with E-state index in [0.29, 0.717) is 12.5 Å². The fraction of sp³-hybridized carbons (Fsp3) is 0.467. The molecule has 3 rings (SSSR count). The normalized spacial score (nSPS) is 11.0. The Kier molecular flexibility index (Phi) is 10.9. The zero-order chi connectivity index (χ0) is 23.1. The van der Waals surface area contributed by atoms with Gasteiger partial charge in [-0.1, -0.05) is 107 Å². The largest absolute Gasteiger partial charge is 0.472 e. The third kappa shape index (κ3) is 9.00. The van der Waals surface area contributed by atoms with Gasteiger partial charge in [-0.25, -0.2) is 9.97 Å². The van der Waals surface area contributed by atoms with E-state index in [1.54, 1.807) is 12.4 Å². The minimum absolute atomic E-state index is 0.512. The molecule has 0 aliphatic carbocycles. The Morgan fingerprint density at radius 2 is 1.12 bits per heavy atom. The lowest BCUT2D eigenvalue weighted by Crippen LogP contribution is -1.99. The Balaban J connectivity index is 1.42. The minimum Gasteiger partial charge on any atom is -0.472 e. The maximum absolute atomic E-state index is 5.86. The number of hydrogen-bond donors (Lipinski definition) is 0. The molecule has 1 heterocycles. The molecule has 0 fully saturated rings. The zero-order valence-corrected chi connectivity index (χ0v) is 20.6. The van der Waals surface area contributed by atoms with Gasteiger partial charge >= 0.3 is 0 Å². The number of ether oxygens (including phenoxy) is 1. The van der Waals surface area contributed by atoms with E-state index >= 15 is 0 Å². The highest BCUT2D eigenvalue weighted by molar-refractivity contribution is 5.58. The van der Waals surface area contributed by atoms with Crippen molar-refractivity contribution in [3.63, 3.8) is 0 Å². The van der Waals surface area contributed by atoms with Gasteiger partial charge in [0.25, 0.3) is 0 Å². The van der Waals surface area contributed by atoms with E-state index in [9.17, 15) is 0 Å². The van der Waals surface area contributed by atoms with Crippen LogP contribution in [0.25, 0.3) is 11.3 Å². The summed E-state index contributed by atoms with van der Waals surface area (Å²) in [4.78, 5) is 9.01. The molecule has 0 spiro atoms. The molecule has 176 valence electrons. The molecule has 0 atom stereocenters. The average molecular weight is 445 g/mol. The van der Waals surface area contributed by atoms with E-state index in [2.05, 4.69) is 72.3 Å². The Morgan fingerprint density at radius 3 is 1.76 bits per heavy atom. The van der Waals surface area contributed by atoms with Gasteiger partial charge in [-0.15, -0.1) is 0 Å². The van der Waals surface area contributed by atoms with Crippen LogP contribution in [0, 0.1) is 0 Å². The molecule has 0 N–H and O–H groups in total. The molecule has 0 radical (unpaired) electrons. The fourth-order valence-electron chi connectivity index (χ4n) is 4.03. The highest BCUT2D eigenvalue weighted by Crippen LogP contribution is 2.20. The number of hydrogen-bond acceptors (Lipinski definition) is 3. The lowest BCUT2D eigenvalue weighted by molar-refractivity contribution is 0.292. The molecule has 0 aliphatic rings. The van der Waals surface area contributed by atoms with Crippen LogP contribution in [0.4, 0.5) is 0 Å². The second-order valence-electron chi connectivity index (χ2n) is 9.02. The SMILES string of the molecule is CCCCCCCCc1ccc(COc2cnc(-c3ccc(CCCCC)cc3)cn2)cc1. The van der Waals surface area contributed by atoms with Gasteiger partial charge in [0.15, 0.2) is 0 Å². The van der Waals surface area contributed by atoms with E-state index in [4.69, 9.17) is 4.74 Å². The standard InChI is InChI=1S/C30H40N2O/c1-3-5-7-8-9-11-13-25-14-16-27(17-15-25)24-33-30-23-31-29(22-32-30)28-20-18-26(19-21-28)12-10-6-4-2/h14-23H,3-13,24H2,1-2H3. The van der Waals surface area contributed by atoms with Crippen molar-refractivity contribution in [3.05, 3.63) is 77.6 Å². The monoisotopic (exact) mass is 444 g/mol. The van der Waals surface area contributed by atoms with E-state index in [-0.39, 0.29) is 0 Å². The molecule has 3 aromatic rings. The number of aryl methyl sites for hydroxylation is 2. The smallest absolute Gasteiger partial charge is 0.232 e. The molecular formula is C30H40N2O. The van der Waals surface area contributed by atoms with Gasteiger partial charge in [-0.05, 0) is 42.4 Å². The maximum atomic E-state index is 5.86. The summed E-state index contributed by atoms with van der Waals surface area (Å²) in [6.07, 6.45) is 17.7. The molecule has 0 saturated carbocycles. The first-order chi connectivity index (χ1) is 16.3. The first-order valence-electron chi connectivity index (χ1n) is 12.9. The minimum atomic E-state index is 0.512. The summed E-state index contributed by atoms with van der Waals surface area (Å²) in [5.74, 6) is 0.561. The molecule has 0 aliphatic heterocycles. The molecule has 2 aromatic carbocycles. The summed E-state index contributed by atoms with van der Waals surface area (Å²) in [5, 5.41) is 0. The van der Waals surface area contributed by atoms with Gasteiger partial charge in [0, 0.05) is 5.56 Å². The fourth-order valence-corrected chi connectivity index (χ4v) is 4.03. The molecule has 0 amide bonds. The first kappa shape index (κ1) is 25.0. The molecule has 1 aromatic heterocycles. The predicted molar refractivity (Wildman–Crippen MR) is 139 cm³/mol. The quantitative estimate of drug-likeness (QED) is 0.221. The molecule has 3 heteroatoms. The van der Waals surface area contributed by atoms with Crippen molar-refractivity contribution in [3.8, 4) is 17.1 Å². The van der Waals surface area contributed by atoms with Crippen LogP contribution in [0.5, 0.6) is 5.88 Å². The Bertz CT molecular complexity index is 902. The van der Waals surface area contributed by atoms with Crippen molar-refractivity contribution < 1.29 is 4.74 Å². The average Bonchev–Trinajstić information content (AvgIpc) is 2.86. The van der Waals surface area contributed by atoms with Crippen molar-refractivity contribution in [1.29, 1.82) is 0 Å². The van der Waals surface area contributed by atoms with Gasteiger partial charge < -0.3 is 4.74 Å². The van der Waals surface area contributed by atoms with Gasteiger partial charge in [0.05, 0.1) is 18.1 Å². The highest BCUT2D eigenvalue weighted by atomic mass is 16.5. The van der Waals surface area contributed by atoms with Gasteiger partial charge in [0.2, 0.25) is 5.88 Å². The topological polar surface area (TPSA) is 35.0 Å². The second-order valence-corrected chi connectivity index (χ2v) is 9.02. The van der Waals surface area contributed by atoms with Crippen LogP contribution in [0.2, 0.25) is 0 Å². The number of rotatable bonds is 15. The van der Waals surface area contributed by atoms with E-state index in [0.717, 1.165) is 23.2 Å². The van der Waals surface area contributed by atoms with Crippen LogP contribution >= 0.6 is 0 Å². The van der Waals surface area contributed by atoms with Crippen molar-refractivity contribution in [2.24, 2.45) is 0 Å². The molecule has 3 nitrogen and oxygen atoms in total. The molecular weight excluding hydrogens is 404 g/mol. The van der Waals surface area contributed by atoms with Crippen molar-refractivity contribution in [1.82, 2.24) is 9.97 Å². The van der Waals surface area contributed by atoms with Gasteiger partial charge in [-0.3, -0.25) is 0 Å². The maximum Gasteiger partial charge on any atom is 0.232 e. The Hall–Kier alpha value is -2.68. The van der Waals surface area contributed by atoms with Crippen LogP contribution in [0.1, 0.15) is 88.3 Å². The summed E-state index contributed by atoms with van der Waals surface area (Å²) in [6, 6.07) is 17.5. The first-order valence-corrected chi connectivity index (χ1v) is 12.9. The van der Waals surface area contributed by atoms with Crippen LogP contribution in [0.3, 0.4) is 0 Å². The lowest BCUT2D eigenvalue weighted by Gasteiger charge is -2.08. The van der Waals surface area contributed by atoms with Crippen molar-refractivity contribution >= 4 is 0 Å². The third-order valence-electron chi connectivity index (χ3n) is 6.18. The summed E-state index contributed by atoms with van der Waals surface area (Å²) >= 11 is 0. The number of unbranched alkanes of at least 4 members (excludes halogenated alkanes) is 7. The summed E-state index contributed by atoms with van der Waals surface area (Å²) in [7, 11) is 0. The van der Waals surface area contributed by atoms with E-state index in [1.165, 1.54) is 75.3 Å². The Morgan fingerprint density at radius 1 is 0.576 bits per heavy atom. The van der Waals surface area contributed by atoms with Crippen molar-refractivity contribution in [2.45, 2.75) is 91.1 Å². The molecule has 0 unspecified atom stereocenters. The second kappa shape index (κ2) is 14.5. The zero-order valence-electron chi connectivity index (χ0n) is 20.6. The Labute approximate surface area is 200 Å². The van der Waals surface area contributed by atoms with Crippen LogP contribution < -0.4 is 4.74 Å². The molecule has 33 heavy (non-hydrogen) atoms. The van der Waals surface area contributed by atoms with Gasteiger partial charge in [-0.2, -0.15) is 0 Å². The summed E-state index contributed by atoms with van der Waals surface area (Å²) < 4.78 is 5.86. The van der Waals surface area contributed by atoms with E-state index < -0.39 is 0 Å².